The van der Waals surface area contributed by atoms with Crippen LogP contribution in [0.3, 0.4) is 0 Å². The molecule has 0 saturated heterocycles. The highest BCUT2D eigenvalue weighted by molar-refractivity contribution is 5.35. The number of hydrogen-bond acceptors (Lipinski definition) is 1. The summed E-state index contributed by atoms with van der Waals surface area (Å²) in [7, 11) is 0. The summed E-state index contributed by atoms with van der Waals surface area (Å²) >= 11 is 0. The third kappa shape index (κ3) is 1.44. The third-order valence-corrected chi connectivity index (χ3v) is 3.08. The van der Waals surface area contributed by atoms with Gasteiger partial charge in [-0.3, -0.25) is 0 Å². The van der Waals surface area contributed by atoms with E-state index in [-0.39, 0.29) is 6.04 Å². The van der Waals surface area contributed by atoms with Crippen LogP contribution >= 0.6 is 0 Å². The van der Waals surface area contributed by atoms with E-state index in [1.165, 1.54) is 0 Å². The van der Waals surface area contributed by atoms with Gasteiger partial charge in [-0.25, -0.2) is 4.39 Å². The minimum atomic E-state index is -1.09. The highest BCUT2D eigenvalue weighted by Crippen LogP contribution is 2.46. The molecule has 2 heteroatoms. The van der Waals surface area contributed by atoms with Crippen LogP contribution < -0.4 is 5.73 Å². The maximum absolute atomic E-state index is 14.2. The van der Waals surface area contributed by atoms with Crippen molar-refractivity contribution in [2.75, 3.05) is 0 Å². The van der Waals surface area contributed by atoms with Crippen LogP contribution in [0.1, 0.15) is 43.4 Å². The predicted octanol–water partition coefficient (Wildman–Crippen LogP) is 3.06. The lowest BCUT2D eigenvalue weighted by Gasteiger charge is -2.36. The van der Waals surface area contributed by atoms with Crippen LogP contribution in [0.15, 0.2) is 24.3 Å². The van der Waals surface area contributed by atoms with Crippen molar-refractivity contribution in [3.63, 3.8) is 0 Å². The number of nitrogens with two attached hydrogens (primary N) is 1. The minimum absolute atomic E-state index is 0.0839. The minimum Gasteiger partial charge on any atom is -0.324 e. The summed E-state index contributed by atoms with van der Waals surface area (Å²) in [5, 5.41) is 0. The van der Waals surface area contributed by atoms with Gasteiger partial charge in [0, 0.05) is 6.04 Å². The normalized spacial score (nSPS) is 21.4. The Bertz CT molecular complexity index is 329. The molecular formula is C12H16FN. The van der Waals surface area contributed by atoms with Gasteiger partial charge in [0.15, 0.2) is 0 Å². The summed E-state index contributed by atoms with van der Waals surface area (Å²) in [6, 6.07) is 7.53. The molecule has 1 aromatic carbocycles. The van der Waals surface area contributed by atoms with Crippen molar-refractivity contribution in [1.29, 1.82) is 0 Å². The zero-order valence-corrected chi connectivity index (χ0v) is 8.46. The van der Waals surface area contributed by atoms with E-state index in [0.29, 0.717) is 12.8 Å². The van der Waals surface area contributed by atoms with E-state index in [1.807, 2.05) is 31.2 Å². The first kappa shape index (κ1) is 9.66. The maximum Gasteiger partial charge on any atom is 0.136 e. The van der Waals surface area contributed by atoms with Crippen molar-refractivity contribution in [1.82, 2.24) is 0 Å². The van der Waals surface area contributed by atoms with Gasteiger partial charge in [0.05, 0.1) is 0 Å². The highest BCUT2D eigenvalue weighted by Gasteiger charge is 2.40. The van der Waals surface area contributed by atoms with E-state index in [4.69, 9.17) is 5.73 Å². The molecule has 14 heavy (non-hydrogen) atoms. The van der Waals surface area contributed by atoms with Gasteiger partial charge >= 0.3 is 0 Å². The SMILES string of the molecule is CC(N)c1ccccc1C1(F)CCC1. The average molecular weight is 193 g/mol. The first-order chi connectivity index (χ1) is 6.63. The van der Waals surface area contributed by atoms with E-state index in [1.54, 1.807) is 0 Å². The van der Waals surface area contributed by atoms with Gasteiger partial charge in [-0.2, -0.15) is 0 Å². The second kappa shape index (κ2) is 3.35. The summed E-state index contributed by atoms with van der Waals surface area (Å²) in [5.74, 6) is 0. The van der Waals surface area contributed by atoms with Gasteiger partial charge in [0.1, 0.15) is 5.67 Å². The zero-order valence-electron chi connectivity index (χ0n) is 8.46. The van der Waals surface area contributed by atoms with Crippen LogP contribution in [-0.2, 0) is 5.67 Å². The van der Waals surface area contributed by atoms with Gasteiger partial charge in [-0.15, -0.1) is 0 Å². The predicted molar refractivity (Wildman–Crippen MR) is 55.7 cm³/mol. The Labute approximate surface area is 84.1 Å². The number of alkyl halides is 1. The van der Waals surface area contributed by atoms with Crippen molar-refractivity contribution in [3.05, 3.63) is 35.4 Å². The quantitative estimate of drug-likeness (QED) is 0.767. The van der Waals surface area contributed by atoms with E-state index in [0.717, 1.165) is 17.5 Å². The molecule has 0 bridgehead atoms. The molecule has 0 spiro atoms. The second-order valence-electron chi connectivity index (χ2n) is 4.19. The van der Waals surface area contributed by atoms with Crippen molar-refractivity contribution in [2.24, 2.45) is 5.73 Å². The number of hydrogen-bond donors (Lipinski definition) is 1. The van der Waals surface area contributed by atoms with Gasteiger partial charge in [0.25, 0.3) is 0 Å². The van der Waals surface area contributed by atoms with Crippen LogP contribution in [0.2, 0.25) is 0 Å². The molecule has 1 nitrogen and oxygen atoms in total. The number of benzene rings is 1. The third-order valence-electron chi connectivity index (χ3n) is 3.08. The van der Waals surface area contributed by atoms with Gasteiger partial charge < -0.3 is 5.73 Å². The van der Waals surface area contributed by atoms with Crippen molar-refractivity contribution in [3.8, 4) is 0 Å². The van der Waals surface area contributed by atoms with E-state index >= 15 is 0 Å². The summed E-state index contributed by atoms with van der Waals surface area (Å²) in [4.78, 5) is 0. The summed E-state index contributed by atoms with van der Waals surface area (Å²) in [6.07, 6.45) is 2.29. The Morgan fingerprint density at radius 1 is 1.36 bits per heavy atom. The summed E-state index contributed by atoms with van der Waals surface area (Å²) in [5.41, 5.74) is 6.49. The van der Waals surface area contributed by atoms with E-state index in [9.17, 15) is 4.39 Å². The van der Waals surface area contributed by atoms with Gasteiger partial charge in [0.2, 0.25) is 0 Å². The fraction of sp³-hybridized carbons (Fsp3) is 0.500. The molecule has 0 aromatic heterocycles. The Balaban J connectivity index is 2.41. The standard InChI is InChI=1S/C12H16FN/c1-9(14)10-5-2-3-6-11(10)12(13)7-4-8-12/h2-3,5-6,9H,4,7-8,14H2,1H3. The van der Waals surface area contributed by atoms with Crippen molar-refractivity contribution < 1.29 is 4.39 Å². The lowest BCUT2D eigenvalue weighted by atomic mass is 9.74. The van der Waals surface area contributed by atoms with Crippen LogP contribution in [0.25, 0.3) is 0 Å². The van der Waals surface area contributed by atoms with Crippen LogP contribution in [0.5, 0.6) is 0 Å². The monoisotopic (exact) mass is 193 g/mol. The van der Waals surface area contributed by atoms with Crippen molar-refractivity contribution in [2.45, 2.75) is 37.9 Å². The maximum atomic E-state index is 14.2. The molecule has 0 amide bonds. The molecule has 1 aliphatic carbocycles. The van der Waals surface area contributed by atoms with Crippen LogP contribution in [-0.4, -0.2) is 0 Å². The molecule has 1 atom stereocenters. The van der Waals surface area contributed by atoms with Crippen LogP contribution in [0.4, 0.5) is 4.39 Å². The molecule has 0 heterocycles. The molecule has 76 valence electrons. The zero-order chi connectivity index (χ0) is 10.2. The fourth-order valence-corrected chi connectivity index (χ4v) is 2.06. The molecular weight excluding hydrogens is 177 g/mol. The highest BCUT2D eigenvalue weighted by atomic mass is 19.1. The molecule has 0 radical (unpaired) electrons. The average Bonchev–Trinajstić information content (AvgIpc) is 2.14. The summed E-state index contributed by atoms with van der Waals surface area (Å²) in [6.45, 7) is 1.90. The lowest BCUT2D eigenvalue weighted by molar-refractivity contribution is 0.0596. The molecule has 1 unspecified atom stereocenters. The van der Waals surface area contributed by atoms with E-state index in [2.05, 4.69) is 0 Å². The molecule has 1 aliphatic rings. The largest absolute Gasteiger partial charge is 0.324 e. The topological polar surface area (TPSA) is 26.0 Å². The van der Waals surface area contributed by atoms with Crippen LogP contribution in [0, 0.1) is 0 Å². The summed E-state index contributed by atoms with van der Waals surface area (Å²) < 4.78 is 14.2. The Morgan fingerprint density at radius 2 is 2.00 bits per heavy atom. The molecule has 1 saturated carbocycles. The fourth-order valence-electron chi connectivity index (χ4n) is 2.06. The number of halogens is 1. The second-order valence-corrected chi connectivity index (χ2v) is 4.19. The lowest BCUT2D eigenvalue weighted by Crippen LogP contribution is -2.31. The molecule has 2 rings (SSSR count). The van der Waals surface area contributed by atoms with E-state index < -0.39 is 5.67 Å². The first-order valence-electron chi connectivity index (χ1n) is 5.17. The molecule has 2 N–H and O–H groups in total. The Hall–Kier alpha value is -0.890. The Kier molecular flexibility index (Phi) is 2.31. The Morgan fingerprint density at radius 3 is 2.50 bits per heavy atom. The van der Waals surface area contributed by atoms with Gasteiger partial charge in [-0.05, 0) is 37.3 Å². The molecule has 1 fully saturated rings. The smallest absolute Gasteiger partial charge is 0.136 e. The molecule has 0 aliphatic heterocycles. The molecule has 1 aromatic rings. The van der Waals surface area contributed by atoms with Gasteiger partial charge in [-0.1, -0.05) is 24.3 Å². The van der Waals surface area contributed by atoms with Crippen molar-refractivity contribution >= 4 is 0 Å². The number of rotatable bonds is 2. The first-order valence-corrected chi connectivity index (χ1v) is 5.17.